The van der Waals surface area contributed by atoms with E-state index in [-0.39, 0.29) is 5.91 Å². The van der Waals surface area contributed by atoms with Gasteiger partial charge in [-0.3, -0.25) is 4.79 Å². The van der Waals surface area contributed by atoms with Gasteiger partial charge in [0, 0.05) is 47.2 Å². The molecular formula is C18H22N2O2. The Morgan fingerprint density at radius 1 is 1.14 bits per heavy atom. The number of hydrogen-bond acceptors (Lipinski definition) is 3. The molecule has 0 aromatic heterocycles. The van der Waals surface area contributed by atoms with Gasteiger partial charge in [0.05, 0.1) is 0 Å². The zero-order chi connectivity index (χ0) is 16.2. The van der Waals surface area contributed by atoms with Crippen molar-refractivity contribution >= 4 is 22.4 Å². The second-order valence-electron chi connectivity index (χ2n) is 7.02. The number of carbonyl (C=O) groups excluding carboxylic acids is 1. The molecule has 2 aromatic rings. The van der Waals surface area contributed by atoms with Gasteiger partial charge in [-0.15, -0.1) is 0 Å². The van der Waals surface area contributed by atoms with Crippen molar-refractivity contribution in [3.63, 3.8) is 0 Å². The molecule has 0 fully saturated rings. The van der Waals surface area contributed by atoms with E-state index < -0.39 is 11.8 Å². The number of benzene rings is 2. The van der Waals surface area contributed by atoms with Gasteiger partial charge < -0.3 is 14.9 Å². The monoisotopic (exact) mass is 298 g/mol. The lowest BCUT2D eigenvalue weighted by atomic mass is 9.89. The van der Waals surface area contributed by atoms with E-state index in [4.69, 9.17) is 0 Å². The highest BCUT2D eigenvalue weighted by Crippen LogP contribution is 2.41. The lowest BCUT2D eigenvalue weighted by molar-refractivity contribution is -0.0348. The molecule has 3 rings (SSSR count). The second-order valence-corrected chi connectivity index (χ2v) is 7.02. The van der Waals surface area contributed by atoms with Crippen molar-refractivity contribution in [2.45, 2.75) is 32.5 Å². The maximum Gasteiger partial charge on any atom is 0.257 e. The van der Waals surface area contributed by atoms with Crippen molar-refractivity contribution in [2.75, 3.05) is 19.0 Å². The van der Waals surface area contributed by atoms with Gasteiger partial charge in [-0.05, 0) is 32.9 Å². The van der Waals surface area contributed by atoms with Gasteiger partial charge in [0.25, 0.3) is 5.91 Å². The third-order valence-electron chi connectivity index (χ3n) is 4.23. The number of aliphatic hydroxyl groups excluding tert-OH is 1. The van der Waals surface area contributed by atoms with Crippen molar-refractivity contribution in [1.29, 1.82) is 0 Å². The highest BCUT2D eigenvalue weighted by atomic mass is 16.3. The Morgan fingerprint density at radius 3 is 2.41 bits per heavy atom. The minimum Gasteiger partial charge on any atom is -0.377 e. The van der Waals surface area contributed by atoms with E-state index in [1.165, 1.54) is 0 Å². The van der Waals surface area contributed by atoms with Gasteiger partial charge in [0.15, 0.2) is 6.23 Å². The minimum absolute atomic E-state index is 0.117. The van der Waals surface area contributed by atoms with Gasteiger partial charge >= 0.3 is 0 Å². The third kappa shape index (κ3) is 1.98. The number of hydrogen-bond donors (Lipinski definition) is 1. The lowest BCUT2D eigenvalue weighted by Gasteiger charge is -2.42. The molecule has 116 valence electrons. The Morgan fingerprint density at radius 2 is 1.82 bits per heavy atom. The van der Waals surface area contributed by atoms with Crippen LogP contribution in [0, 0.1) is 0 Å². The van der Waals surface area contributed by atoms with E-state index in [1.807, 2.05) is 70.1 Å². The van der Waals surface area contributed by atoms with Crippen LogP contribution in [0.3, 0.4) is 0 Å². The molecule has 0 saturated heterocycles. The first-order chi connectivity index (χ1) is 10.2. The van der Waals surface area contributed by atoms with Crippen LogP contribution >= 0.6 is 0 Å². The molecule has 1 atom stereocenters. The second kappa shape index (κ2) is 4.71. The summed E-state index contributed by atoms with van der Waals surface area (Å²) < 4.78 is 0. The van der Waals surface area contributed by atoms with Crippen LogP contribution in [0.4, 0.5) is 5.69 Å². The van der Waals surface area contributed by atoms with Gasteiger partial charge in [-0.2, -0.15) is 0 Å². The van der Waals surface area contributed by atoms with Crippen LogP contribution in [0.1, 0.15) is 42.9 Å². The molecule has 1 unspecified atom stereocenters. The van der Waals surface area contributed by atoms with Crippen LogP contribution in [0.15, 0.2) is 30.3 Å². The Bertz CT molecular complexity index is 760. The summed E-state index contributed by atoms with van der Waals surface area (Å²) in [4.78, 5) is 16.5. The summed E-state index contributed by atoms with van der Waals surface area (Å²) in [7, 11) is 3.96. The van der Waals surface area contributed by atoms with Crippen molar-refractivity contribution in [3.05, 3.63) is 41.5 Å². The highest BCUT2D eigenvalue weighted by molar-refractivity contribution is 6.13. The SMILES string of the molecule is CN(C)c1ccc2c3c(cccc13)C(=O)N(C(C)(C)C)C2O. The molecular weight excluding hydrogens is 276 g/mol. The van der Waals surface area contributed by atoms with Gasteiger partial charge in [-0.25, -0.2) is 0 Å². The normalized spacial score (nSPS) is 18.0. The maximum absolute atomic E-state index is 12.9. The number of nitrogens with zero attached hydrogens (tertiary/aromatic N) is 2. The number of aliphatic hydroxyl groups is 1. The molecule has 1 amide bonds. The Kier molecular flexibility index (Phi) is 3.18. The fourth-order valence-electron chi connectivity index (χ4n) is 3.25. The Hall–Kier alpha value is -2.07. The molecule has 0 radical (unpaired) electrons. The van der Waals surface area contributed by atoms with Crippen molar-refractivity contribution in [1.82, 2.24) is 4.90 Å². The molecule has 0 spiro atoms. The van der Waals surface area contributed by atoms with E-state index in [9.17, 15) is 9.90 Å². The molecule has 0 aliphatic carbocycles. The van der Waals surface area contributed by atoms with Crippen molar-refractivity contribution in [3.8, 4) is 0 Å². The largest absolute Gasteiger partial charge is 0.377 e. The van der Waals surface area contributed by atoms with Crippen LogP contribution < -0.4 is 4.90 Å². The zero-order valence-electron chi connectivity index (χ0n) is 13.7. The molecule has 2 aromatic carbocycles. The average molecular weight is 298 g/mol. The summed E-state index contributed by atoms with van der Waals surface area (Å²) in [6.45, 7) is 5.81. The molecule has 22 heavy (non-hydrogen) atoms. The summed E-state index contributed by atoms with van der Waals surface area (Å²) in [5.74, 6) is -0.117. The number of rotatable bonds is 1. The third-order valence-corrected chi connectivity index (χ3v) is 4.23. The molecule has 1 heterocycles. The summed E-state index contributed by atoms with van der Waals surface area (Å²) >= 11 is 0. The van der Waals surface area contributed by atoms with Gasteiger partial charge in [0.1, 0.15) is 0 Å². The van der Waals surface area contributed by atoms with E-state index in [0.29, 0.717) is 5.56 Å². The first-order valence-electron chi connectivity index (χ1n) is 7.48. The molecule has 4 heteroatoms. The van der Waals surface area contributed by atoms with E-state index in [1.54, 1.807) is 4.90 Å². The smallest absolute Gasteiger partial charge is 0.257 e. The van der Waals surface area contributed by atoms with Crippen LogP contribution in [0.25, 0.3) is 10.8 Å². The van der Waals surface area contributed by atoms with Gasteiger partial charge in [0.2, 0.25) is 0 Å². The highest BCUT2D eigenvalue weighted by Gasteiger charge is 2.39. The standard InChI is InChI=1S/C18H22N2O2/c1-18(2,3)20-16(21)12-8-6-7-11-14(19(4)5)10-9-13(15(11)12)17(20)22/h6-10,17,22H,1-5H3. The first kappa shape index (κ1) is 14.9. The quantitative estimate of drug-likeness (QED) is 0.879. The number of anilines is 1. The van der Waals surface area contributed by atoms with Crippen LogP contribution in [-0.4, -0.2) is 35.5 Å². The van der Waals surface area contributed by atoms with E-state index >= 15 is 0 Å². The minimum atomic E-state index is -0.916. The first-order valence-corrected chi connectivity index (χ1v) is 7.48. The van der Waals surface area contributed by atoms with E-state index in [0.717, 1.165) is 22.0 Å². The fourth-order valence-corrected chi connectivity index (χ4v) is 3.25. The zero-order valence-corrected chi connectivity index (χ0v) is 13.7. The molecule has 1 aliphatic heterocycles. The number of carbonyl (C=O) groups is 1. The Labute approximate surface area is 131 Å². The van der Waals surface area contributed by atoms with Crippen molar-refractivity contribution in [2.24, 2.45) is 0 Å². The van der Waals surface area contributed by atoms with Crippen molar-refractivity contribution < 1.29 is 9.90 Å². The molecule has 4 nitrogen and oxygen atoms in total. The maximum atomic E-state index is 12.9. The van der Waals surface area contributed by atoms with Crippen LogP contribution in [0.5, 0.6) is 0 Å². The predicted molar refractivity (Wildman–Crippen MR) is 89.2 cm³/mol. The fraction of sp³-hybridized carbons (Fsp3) is 0.389. The average Bonchev–Trinajstić information content (AvgIpc) is 2.42. The summed E-state index contributed by atoms with van der Waals surface area (Å²) in [5, 5.41) is 12.6. The van der Waals surface area contributed by atoms with Crippen LogP contribution in [0.2, 0.25) is 0 Å². The summed E-state index contributed by atoms with van der Waals surface area (Å²) in [6.07, 6.45) is -0.916. The molecule has 1 N–H and O–H groups in total. The van der Waals surface area contributed by atoms with Gasteiger partial charge in [-0.1, -0.05) is 18.2 Å². The molecule has 1 aliphatic rings. The topological polar surface area (TPSA) is 43.8 Å². The summed E-state index contributed by atoms with van der Waals surface area (Å²) in [6, 6.07) is 9.69. The predicted octanol–water partition coefficient (Wildman–Crippen LogP) is 3.15. The van der Waals surface area contributed by atoms with Crippen LogP contribution in [-0.2, 0) is 0 Å². The summed E-state index contributed by atoms with van der Waals surface area (Å²) in [5.41, 5.74) is 2.06. The van der Waals surface area contributed by atoms with E-state index in [2.05, 4.69) is 0 Å². The molecule has 0 saturated carbocycles. The Balaban J connectivity index is 2.35. The number of amides is 1. The molecule has 0 bridgehead atoms. The lowest BCUT2D eigenvalue weighted by Crippen LogP contribution is -2.49.